The maximum atomic E-state index is 12.4. The molecule has 2 aliphatic rings. The molecule has 2 fully saturated rings. The van der Waals surface area contributed by atoms with E-state index in [1.807, 2.05) is 32.9 Å². The molecule has 0 unspecified atom stereocenters. The fourth-order valence-corrected chi connectivity index (χ4v) is 3.65. The molecule has 1 aromatic heterocycles. The number of carbonyl (C=O) groups excluding carboxylic acids is 1. The van der Waals surface area contributed by atoms with Crippen LogP contribution in [0, 0.1) is 0 Å². The largest absolute Gasteiger partial charge is 0.493 e. The molecule has 1 saturated carbocycles. The van der Waals surface area contributed by atoms with Crippen molar-refractivity contribution in [3.63, 3.8) is 0 Å². The average molecular weight is 415 g/mol. The number of aromatic nitrogens is 2. The Morgan fingerprint density at radius 1 is 1.00 bits per heavy atom. The van der Waals surface area contributed by atoms with Crippen LogP contribution in [0.2, 0.25) is 0 Å². The van der Waals surface area contributed by atoms with Crippen molar-refractivity contribution in [2.75, 3.05) is 45.3 Å². The SMILES string of the molecule is COc1cc2nc(C3CC3)nc(N3CCN(C(=O)OC(C)(C)C)CC3)c2cc1OC. The quantitative estimate of drug-likeness (QED) is 0.757. The Kier molecular flexibility index (Phi) is 5.34. The second-order valence-electron chi connectivity index (χ2n) is 8.86. The molecule has 0 bridgehead atoms. The van der Waals surface area contributed by atoms with Crippen LogP contribution in [-0.2, 0) is 4.74 Å². The van der Waals surface area contributed by atoms with Gasteiger partial charge in [0, 0.05) is 43.5 Å². The van der Waals surface area contributed by atoms with Gasteiger partial charge in [-0.2, -0.15) is 0 Å². The molecule has 2 heterocycles. The zero-order valence-corrected chi connectivity index (χ0v) is 18.4. The van der Waals surface area contributed by atoms with E-state index in [0.717, 1.165) is 35.4 Å². The molecule has 8 nitrogen and oxygen atoms in total. The summed E-state index contributed by atoms with van der Waals surface area (Å²) in [5, 5.41) is 0.933. The maximum Gasteiger partial charge on any atom is 0.410 e. The lowest BCUT2D eigenvalue weighted by Gasteiger charge is -2.36. The van der Waals surface area contributed by atoms with E-state index in [1.165, 1.54) is 0 Å². The average Bonchev–Trinajstić information content (AvgIpc) is 3.56. The molecular formula is C22H30N4O4. The molecule has 1 saturated heterocycles. The van der Waals surface area contributed by atoms with Crippen molar-refractivity contribution in [3.05, 3.63) is 18.0 Å². The molecule has 1 aliphatic carbocycles. The second kappa shape index (κ2) is 7.81. The normalized spacial score (nSPS) is 17.2. The molecule has 162 valence electrons. The fourth-order valence-electron chi connectivity index (χ4n) is 3.65. The van der Waals surface area contributed by atoms with E-state index in [4.69, 9.17) is 24.2 Å². The number of piperazine rings is 1. The van der Waals surface area contributed by atoms with Crippen molar-refractivity contribution >= 4 is 22.8 Å². The van der Waals surface area contributed by atoms with Gasteiger partial charge in [0.15, 0.2) is 11.5 Å². The Morgan fingerprint density at radius 2 is 1.63 bits per heavy atom. The standard InChI is InChI=1S/C22H30N4O4/c1-22(2,3)30-21(27)26-10-8-25(9-11-26)20-15-12-17(28-4)18(29-5)13-16(15)23-19(24-20)14-6-7-14/h12-14H,6-11H2,1-5H3. The summed E-state index contributed by atoms with van der Waals surface area (Å²) in [6, 6.07) is 3.86. The first kappa shape index (κ1) is 20.5. The van der Waals surface area contributed by atoms with Crippen LogP contribution in [0.3, 0.4) is 0 Å². The van der Waals surface area contributed by atoms with Crippen LogP contribution in [0.5, 0.6) is 11.5 Å². The van der Waals surface area contributed by atoms with E-state index in [9.17, 15) is 4.79 Å². The lowest BCUT2D eigenvalue weighted by atomic mass is 10.1. The number of hydrogen-bond donors (Lipinski definition) is 0. The first-order valence-electron chi connectivity index (χ1n) is 10.5. The van der Waals surface area contributed by atoms with E-state index in [1.54, 1.807) is 19.1 Å². The van der Waals surface area contributed by atoms with Gasteiger partial charge in [0.1, 0.15) is 17.2 Å². The molecule has 2 aromatic rings. The summed E-state index contributed by atoms with van der Waals surface area (Å²) >= 11 is 0. The minimum atomic E-state index is -0.494. The van der Waals surface area contributed by atoms with Crippen LogP contribution in [-0.4, -0.2) is 67.0 Å². The van der Waals surface area contributed by atoms with E-state index in [0.29, 0.717) is 43.6 Å². The Hall–Kier alpha value is -2.77. The third kappa shape index (κ3) is 4.22. The van der Waals surface area contributed by atoms with Crippen LogP contribution in [0.15, 0.2) is 12.1 Å². The van der Waals surface area contributed by atoms with Gasteiger partial charge in [0.25, 0.3) is 0 Å². The molecule has 0 N–H and O–H groups in total. The van der Waals surface area contributed by atoms with Gasteiger partial charge in [-0.1, -0.05) is 0 Å². The number of fused-ring (bicyclic) bond motifs is 1. The highest BCUT2D eigenvalue weighted by molar-refractivity contribution is 5.92. The lowest BCUT2D eigenvalue weighted by Crippen LogP contribution is -2.50. The summed E-state index contributed by atoms with van der Waals surface area (Å²) in [5.74, 6) is 3.53. The highest BCUT2D eigenvalue weighted by Gasteiger charge is 2.31. The number of ether oxygens (including phenoxy) is 3. The first-order valence-corrected chi connectivity index (χ1v) is 10.5. The number of amides is 1. The summed E-state index contributed by atoms with van der Waals surface area (Å²) in [4.78, 5) is 26.1. The van der Waals surface area contributed by atoms with E-state index in [-0.39, 0.29) is 6.09 Å². The second-order valence-corrected chi connectivity index (χ2v) is 8.86. The minimum absolute atomic E-state index is 0.264. The highest BCUT2D eigenvalue weighted by atomic mass is 16.6. The van der Waals surface area contributed by atoms with E-state index in [2.05, 4.69) is 4.90 Å². The van der Waals surface area contributed by atoms with Crippen LogP contribution in [0.4, 0.5) is 10.6 Å². The van der Waals surface area contributed by atoms with Gasteiger partial charge >= 0.3 is 6.09 Å². The Bertz CT molecular complexity index is 944. The highest BCUT2D eigenvalue weighted by Crippen LogP contribution is 2.41. The molecule has 1 amide bonds. The molecule has 4 rings (SSSR count). The topological polar surface area (TPSA) is 77.0 Å². The van der Waals surface area contributed by atoms with Gasteiger partial charge < -0.3 is 24.0 Å². The van der Waals surface area contributed by atoms with Crippen LogP contribution >= 0.6 is 0 Å². The predicted octanol–water partition coefficient (Wildman–Crippen LogP) is 3.58. The van der Waals surface area contributed by atoms with Crippen LogP contribution < -0.4 is 14.4 Å². The molecule has 1 aliphatic heterocycles. The van der Waals surface area contributed by atoms with Gasteiger partial charge in [0.2, 0.25) is 0 Å². The smallest absolute Gasteiger partial charge is 0.410 e. The number of rotatable bonds is 4. The van der Waals surface area contributed by atoms with Crippen molar-refractivity contribution in [3.8, 4) is 11.5 Å². The van der Waals surface area contributed by atoms with E-state index < -0.39 is 5.60 Å². The number of hydrogen-bond acceptors (Lipinski definition) is 7. The van der Waals surface area contributed by atoms with Gasteiger partial charge in [-0.25, -0.2) is 14.8 Å². The zero-order chi connectivity index (χ0) is 21.5. The van der Waals surface area contributed by atoms with Crippen molar-refractivity contribution in [1.29, 1.82) is 0 Å². The molecule has 8 heteroatoms. The first-order chi connectivity index (χ1) is 14.3. The number of methoxy groups -OCH3 is 2. The van der Waals surface area contributed by atoms with Gasteiger partial charge in [0.05, 0.1) is 19.7 Å². The summed E-state index contributed by atoms with van der Waals surface area (Å²) < 4.78 is 16.5. The van der Waals surface area contributed by atoms with Gasteiger partial charge in [-0.15, -0.1) is 0 Å². The summed E-state index contributed by atoms with van der Waals surface area (Å²) in [6.07, 6.45) is 2.00. The monoisotopic (exact) mass is 414 g/mol. The van der Waals surface area contributed by atoms with E-state index >= 15 is 0 Å². The van der Waals surface area contributed by atoms with Gasteiger partial charge in [-0.05, 0) is 39.7 Å². The molecule has 30 heavy (non-hydrogen) atoms. The molecule has 0 atom stereocenters. The summed E-state index contributed by atoms with van der Waals surface area (Å²) in [5.41, 5.74) is 0.361. The van der Waals surface area contributed by atoms with Crippen molar-refractivity contribution < 1.29 is 19.0 Å². The fraction of sp³-hybridized carbons (Fsp3) is 0.591. The van der Waals surface area contributed by atoms with Crippen molar-refractivity contribution in [2.24, 2.45) is 0 Å². The maximum absolute atomic E-state index is 12.4. The number of anilines is 1. The Balaban J connectivity index is 1.62. The predicted molar refractivity (Wildman–Crippen MR) is 115 cm³/mol. The van der Waals surface area contributed by atoms with Gasteiger partial charge in [-0.3, -0.25) is 0 Å². The minimum Gasteiger partial charge on any atom is -0.493 e. The van der Waals surface area contributed by atoms with Crippen molar-refractivity contribution in [1.82, 2.24) is 14.9 Å². The molecular weight excluding hydrogens is 384 g/mol. The summed E-state index contributed by atoms with van der Waals surface area (Å²) in [7, 11) is 3.26. The third-order valence-corrected chi connectivity index (χ3v) is 5.37. The van der Waals surface area contributed by atoms with Crippen molar-refractivity contribution in [2.45, 2.75) is 45.1 Å². The zero-order valence-electron chi connectivity index (χ0n) is 18.4. The Morgan fingerprint density at radius 3 is 2.20 bits per heavy atom. The molecule has 0 spiro atoms. The molecule has 0 radical (unpaired) electrons. The number of benzene rings is 1. The third-order valence-electron chi connectivity index (χ3n) is 5.37. The number of nitrogens with zero attached hydrogens (tertiary/aromatic N) is 4. The number of carbonyl (C=O) groups is 1. The lowest BCUT2D eigenvalue weighted by molar-refractivity contribution is 0.0240. The summed E-state index contributed by atoms with van der Waals surface area (Å²) in [6.45, 7) is 8.20. The van der Waals surface area contributed by atoms with Crippen LogP contribution in [0.25, 0.3) is 10.9 Å². The van der Waals surface area contributed by atoms with Crippen LogP contribution in [0.1, 0.15) is 45.4 Å². The Labute approximate surface area is 177 Å². The molecule has 1 aromatic carbocycles.